The van der Waals surface area contributed by atoms with Crippen LogP contribution in [0, 0.1) is 17.2 Å². The summed E-state index contributed by atoms with van der Waals surface area (Å²) in [5.41, 5.74) is 7.35. The standard InChI is InChI=1S/C16H24N2O/c1-11-7-12(2)9-15(8-11)19-10-13-3-5-14(6-4-13)16(17)18/h3-6,11-12,15H,7-10H2,1-2H3,(H3,17,18). The van der Waals surface area contributed by atoms with Gasteiger partial charge in [-0.1, -0.05) is 38.1 Å². The van der Waals surface area contributed by atoms with E-state index in [4.69, 9.17) is 15.9 Å². The molecule has 0 bridgehead atoms. The Morgan fingerprint density at radius 1 is 1.16 bits per heavy atom. The van der Waals surface area contributed by atoms with Crippen LogP contribution in [0.4, 0.5) is 0 Å². The van der Waals surface area contributed by atoms with E-state index >= 15 is 0 Å². The molecular weight excluding hydrogens is 236 g/mol. The summed E-state index contributed by atoms with van der Waals surface area (Å²) >= 11 is 0. The first-order valence-electron chi connectivity index (χ1n) is 7.09. The van der Waals surface area contributed by atoms with E-state index in [2.05, 4.69) is 13.8 Å². The van der Waals surface area contributed by atoms with Gasteiger partial charge in [-0.15, -0.1) is 0 Å². The van der Waals surface area contributed by atoms with Crippen molar-refractivity contribution in [1.82, 2.24) is 0 Å². The molecule has 0 heterocycles. The van der Waals surface area contributed by atoms with Gasteiger partial charge in [-0.3, -0.25) is 5.41 Å². The van der Waals surface area contributed by atoms with Crippen molar-refractivity contribution >= 4 is 5.84 Å². The van der Waals surface area contributed by atoms with Gasteiger partial charge in [0.05, 0.1) is 12.7 Å². The highest BCUT2D eigenvalue weighted by Crippen LogP contribution is 2.30. The predicted octanol–water partition coefficient (Wildman–Crippen LogP) is 3.31. The van der Waals surface area contributed by atoms with Gasteiger partial charge in [-0.2, -0.15) is 0 Å². The zero-order chi connectivity index (χ0) is 13.8. The third-order valence-electron chi connectivity index (χ3n) is 3.89. The Hall–Kier alpha value is -1.35. The zero-order valence-electron chi connectivity index (χ0n) is 11.9. The van der Waals surface area contributed by atoms with Gasteiger partial charge in [0.2, 0.25) is 0 Å². The van der Waals surface area contributed by atoms with Gasteiger partial charge in [0, 0.05) is 5.56 Å². The molecule has 19 heavy (non-hydrogen) atoms. The minimum atomic E-state index is 0.113. The molecule has 3 nitrogen and oxygen atoms in total. The van der Waals surface area contributed by atoms with E-state index in [1.54, 1.807) is 0 Å². The number of amidine groups is 1. The summed E-state index contributed by atoms with van der Waals surface area (Å²) in [5, 5.41) is 7.36. The fourth-order valence-corrected chi connectivity index (χ4v) is 3.00. The Bertz CT molecular complexity index is 417. The topological polar surface area (TPSA) is 59.1 Å². The second-order valence-electron chi connectivity index (χ2n) is 5.96. The molecule has 3 heteroatoms. The number of hydrogen-bond donors (Lipinski definition) is 2. The van der Waals surface area contributed by atoms with Crippen molar-refractivity contribution in [3.8, 4) is 0 Å². The molecular formula is C16H24N2O. The lowest BCUT2D eigenvalue weighted by molar-refractivity contribution is -0.00915. The van der Waals surface area contributed by atoms with Crippen LogP contribution in [0.5, 0.6) is 0 Å². The van der Waals surface area contributed by atoms with E-state index in [-0.39, 0.29) is 5.84 Å². The van der Waals surface area contributed by atoms with E-state index in [1.165, 1.54) is 19.3 Å². The largest absolute Gasteiger partial charge is 0.384 e. The third kappa shape index (κ3) is 4.06. The highest BCUT2D eigenvalue weighted by molar-refractivity contribution is 5.94. The van der Waals surface area contributed by atoms with Crippen molar-refractivity contribution in [2.24, 2.45) is 17.6 Å². The average Bonchev–Trinajstić information content (AvgIpc) is 2.36. The minimum Gasteiger partial charge on any atom is -0.384 e. The lowest BCUT2D eigenvalue weighted by atomic mass is 9.82. The average molecular weight is 260 g/mol. The van der Waals surface area contributed by atoms with Gasteiger partial charge in [0.1, 0.15) is 5.84 Å². The van der Waals surface area contributed by atoms with Gasteiger partial charge in [-0.05, 0) is 36.7 Å². The Balaban J connectivity index is 1.86. The van der Waals surface area contributed by atoms with Crippen molar-refractivity contribution in [1.29, 1.82) is 5.41 Å². The first-order chi connectivity index (χ1) is 9.04. The molecule has 0 spiro atoms. The molecule has 0 amide bonds. The van der Waals surface area contributed by atoms with Crippen LogP contribution in [-0.2, 0) is 11.3 Å². The van der Waals surface area contributed by atoms with Crippen LogP contribution in [0.3, 0.4) is 0 Å². The minimum absolute atomic E-state index is 0.113. The molecule has 1 fully saturated rings. The molecule has 0 radical (unpaired) electrons. The molecule has 0 aliphatic heterocycles. The van der Waals surface area contributed by atoms with Gasteiger partial charge >= 0.3 is 0 Å². The summed E-state index contributed by atoms with van der Waals surface area (Å²) in [6.07, 6.45) is 4.07. The molecule has 104 valence electrons. The third-order valence-corrected chi connectivity index (χ3v) is 3.89. The molecule has 3 N–H and O–H groups in total. The van der Waals surface area contributed by atoms with Gasteiger partial charge in [0.25, 0.3) is 0 Å². The van der Waals surface area contributed by atoms with E-state index in [0.717, 1.165) is 23.0 Å². The SMILES string of the molecule is CC1CC(C)CC(OCc2ccc(C(=N)N)cc2)C1. The Morgan fingerprint density at radius 3 is 2.26 bits per heavy atom. The molecule has 1 aromatic carbocycles. The van der Waals surface area contributed by atoms with Crippen LogP contribution in [-0.4, -0.2) is 11.9 Å². The molecule has 0 saturated heterocycles. The second-order valence-corrected chi connectivity index (χ2v) is 5.96. The maximum Gasteiger partial charge on any atom is 0.122 e. The highest BCUT2D eigenvalue weighted by Gasteiger charge is 2.24. The van der Waals surface area contributed by atoms with Crippen LogP contribution in [0.1, 0.15) is 44.2 Å². The summed E-state index contributed by atoms with van der Waals surface area (Å²) in [7, 11) is 0. The summed E-state index contributed by atoms with van der Waals surface area (Å²) in [5.74, 6) is 1.66. The fourth-order valence-electron chi connectivity index (χ4n) is 3.00. The smallest absolute Gasteiger partial charge is 0.122 e. The van der Waals surface area contributed by atoms with Crippen LogP contribution in [0.25, 0.3) is 0 Å². The Morgan fingerprint density at radius 2 is 1.74 bits per heavy atom. The number of rotatable bonds is 4. The van der Waals surface area contributed by atoms with Crippen molar-refractivity contribution in [3.63, 3.8) is 0 Å². The predicted molar refractivity (Wildman–Crippen MR) is 78.2 cm³/mol. The number of nitrogen functional groups attached to an aromatic ring is 1. The van der Waals surface area contributed by atoms with Crippen molar-refractivity contribution in [2.45, 2.75) is 45.8 Å². The summed E-state index contributed by atoms with van der Waals surface area (Å²) in [6, 6.07) is 7.75. The zero-order valence-corrected chi connectivity index (χ0v) is 11.9. The Labute approximate surface area is 115 Å². The summed E-state index contributed by atoms with van der Waals surface area (Å²) in [6.45, 7) is 5.28. The molecule has 2 rings (SSSR count). The van der Waals surface area contributed by atoms with Crippen LogP contribution < -0.4 is 5.73 Å². The lowest BCUT2D eigenvalue weighted by Gasteiger charge is -2.31. The van der Waals surface area contributed by atoms with Gasteiger partial charge < -0.3 is 10.5 Å². The number of benzene rings is 1. The summed E-state index contributed by atoms with van der Waals surface area (Å²) in [4.78, 5) is 0. The van der Waals surface area contributed by atoms with Crippen LogP contribution in [0.2, 0.25) is 0 Å². The quantitative estimate of drug-likeness (QED) is 0.644. The maximum absolute atomic E-state index is 7.36. The van der Waals surface area contributed by atoms with Crippen molar-refractivity contribution < 1.29 is 4.74 Å². The molecule has 1 saturated carbocycles. The normalized spacial score (nSPS) is 27.2. The first-order valence-corrected chi connectivity index (χ1v) is 7.09. The van der Waals surface area contributed by atoms with E-state index in [1.807, 2.05) is 24.3 Å². The van der Waals surface area contributed by atoms with Crippen LogP contribution in [0.15, 0.2) is 24.3 Å². The molecule has 0 aromatic heterocycles. The Kier molecular flexibility index (Phi) is 4.59. The lowest BCUT2D eigenvalue weighted by Crippen LogP contribution is -2.26. The number of hydrogen-bond acceptors (Lipinski definition) is 2. The molecule has 1 aromatic rings. The van der Waals surface area contributed by atoms with Gasteiger partial charge in [-0.25, -0.2) is 0 Å². The van der Waals surface area contributed by atoms with E-state index < -0.39 is 0 Å². The van der Waals surface area contributed by atoms with Crippen LogP contribution >= 0.6 is 0 Å². The van der Waals surface area contributed by atoms with Crippen molar-refractivity contribution in [2.75, 3.05) is 0 Å². The van der Waals surface area contributed by atoms with Crippen molar-refractivity contribution in [3.05, 3.63) is 35.4 Å². The number of nitrogens with two attached hydrogens (primary N) is 1. The summed E-state index contributed by atoms with van der Waals surface area (Å²) < 4.78 is 6.03. The molecule has 2 unspecified atom stereocenters. The monoisotopic (exact) mass is 260 g/mol. The van der Waals surface area contributed by atoms with E-state index in [9.17, 15) is 0 Å². The molecule has 1 aliphatic rings. The number of nitrogens with one attached hydrogen (secondary N) is 1. The number of ether oxygens (including phenoxy) is 1. The first kappa shape index (κ1) is 14.1. The van der Waals surface area contributed by atoms with Gasteiger partial charge in [0.15, 0.2) is 0 Å². The molecule has 1 aliphatic carbocycles. The highest BCUT2D eigenvalue weighted by atomic mass is 16.5. The maximum atomic E-state index is 7.36. The molecule has 2 atom stereocenters. The second kappa shape index (κ2) is 6.20. The van der Waals surface area contributed by atoms with E-state index in [0.29, 0.717) is 12.7 Å². The fraction of sp³-hybridized carbons (Fsp3) is 0.562.